The summed E-state index contributed by atoms with van der Waals surface area (Å²) in [6.07, 6.45) is -1.20. The van der Waals surface area contributed by atoms with Crippen LogP contribution < -0.4 is 0 Å². The standard InChI is InChI=1S/C8H5F3N2S/c9-8(10,11)7-2-1-6(14-7)5-3-12-13-4-5/h1-4H,(H,12,13). The lowest BCUT2D eigenvalue weighted by atomic mass is 10.3. The Hall–Kier alpha value is -1.30. The van der Waals surface area contributed by atoms with E-state index in [0.29, 0.717) is 21.8 Å². The highest BCUT2D eigenvalue weighted by Gasteiger charge is 2.32. The topological polar surface area (TPSA) is 28.7 Å². The van der Waals surface area contributed by atoms with Gasteiger partial charge in [0.25, 0.3) is 0 Å². The van der Waals surface area contributed by atoms with Crippen LogP contribution in [0, 0.1) is 0 Å². The van der Waals surface area contributed by atoms with Crippen molar-refractivity contribution in [3.8, 4) is 10.4 Å². The van der Waals surface area contributed by atoms with E-state index in [4.69, 9.17) is 0 Å². The van der Waals surface area contributed by atoms with E-state index in [1.165, 1.54) is 12.3 Å². The molecule has 2 aromatic rings. The third-order valence-electron chi connectivity index (χ3n) is 1.67. The molecule has 0 bridgehead atoms. The average molecular weight is 218 g/mol. The first-order valence-corrected chi connectivity index (χ1v) is 4.55. The van der Waals surface area contributed by atoms with Crippen LogP contribution >= 0.6 is 11.3 Å². The molecule has 2 rings (SSSR count). The predicted octanol–water partition coefficient (Wildman–Crippen LogP) is 3.16. The molecule has 0 spiro atoms. The molecule has 0 aliphatic heterocycles. The SMILES string of the molecule is FC(F)(F)c1ccc(-c2cn[nH]c2)s1. The minimum absolute atomic E-state index is 0.561. The Morgan fingerprint density at radius 3 is 2.57 bits per heavy atom. The fraction of sp³-hybridized carbons (Fsp3) is 0.125. The van der Waals surface area contributed by atoms with E-state index in [1.807, 2.05) is 0 Å². The maximum atomic E-state index is 12.2. The molecule has 0 aliphatic rings. The molecule has 2 aromatic heterocycles. The van der Waals surface area contributed by atoms with Crippen molar-refractivity contribution in [1.82, 2.24) is 10.2 Å². The molecule has 0 amide bonds. The number of halogens is 3. The van der Waals surface area contributed by atoms with Crippen LogP contribution in [0.1, 0.15) is 4.88 Å². The Morgan fingerprint density at radius 1 is 1.29 bits per heavy atom. The molecule has 2 heterocycles. The second-order valence-corrected chi connectivity index (χ2v) is 3.73. The minimum atomic E-state index is -4.26. The minimum Gasteiger partial charge on any atom is -0.285 e. The van der Waals surface area contributed by atoms with Gasteiger partial charge in [0.05, 0.1) is 6.20 Å². The van der Waals surface area contributed by atoms with Gasteiger partial charge in [-0.05, 0) is 12.1 Å². The van der Waals surface area contributed by atoms with Gasteiger partial charge in [0, 0.05) is 16.6 Å². The molecule has 0 fully saturated rings. The summed E-state index contributed by atoms with van der Waals surface area (Å²) in [6.45, 7) is 0. The molecular weight excluding hydrogens is 213 g/mol. The van der Waals surface area contributed by atoms with Gasteiger partial charge in [0.1, 0.15) is 4.88 Å². The predicted molar refractivity (Wildman–Crippen MR) is 46.9 cm³/mol. The summed E-state index contributed by atoms with van der Waals surface area (Å²) in [5.74, 6) is 0. The number of hydrogen-bond acceptors (Lipinski definition) is 2. The number of aromatic nitrogens is 2. The highest BCUT2D eigenvalue weighted by atomic mass is 32.1. The van der Waals surface area contributed by atoms with Gasteiger partial charge >= 0.3 is 6.18 Å². The van der Waals surface area contributed by atoms with Crippen molar-refractivity contribution >= 4 is 11.3 Å². The molecule has 0 aromatic carbocycles. The number of aromatic amines is 1. The van der Waals surface area contributed by atoms with Crippen LogP contribution in [0.4, 0.5) is 13.2 Å². The number of nitrogens with zero attached hydrogens (tertiary/aromatic N) is 1. The van der Waals surface area contributed by atoms with E-state index < -0.39 is 11.1 Å². The smallest absolute Gasteiger partial charge is 0.285 e. The molecule has 0 atom stereocenters. The zero-order valence-electron chi connectivity index (χ0n) is 6.80. The van der Waals surface area contributed by atoms with Crippen molar-refractivity contribution in [2.45, 2.75) is 6.18 Å². The number of thiophene rings is 1. The van der Waals surface area contributed by atoms with Crippen LogP contribution in [0.15, 0.2) is 24.5 Å². The summed E-state index contributed by atoms with van der Waals surface area (Å²) in [6, 6.07) is 2.52. The van der Waals surface area contributed by atoms with Gasteiger partial charge in [0.2, 0.25) is 0 Å². The largest absolute Gasteiger partial charge is 0.425 e. The lowest BCUT2D eigenvalue weighted by Gasteiger charge is -2.00. The quantitative estimate of drug-likeness (QED) is 0.782. The highest BCUT2D eigenvalue weighted by Crippen LogP contribution is 2.37. The molecular formula is C8H5F3N2S. The molecule has 14 heavy (non-hydrogen) atoms. The van der Waals surface area contributed by atoms with Gasteiger partial charge in [-0.15, -0.1) is 11.3 Å². The van der Waals surface area contributed by atoms with E-state index in [2.05, 4.69) is 10.2 Å². The lowest BCUT2D eigenvalue weighted by Crippen LogP contribution is -2.00. The molecule has 74 valence electrons. The van der Waals surface area contributed by atoms with Crippen LogP contribution in [0.5, 0.6) is 0 Å². The lowest BCUT2D eigenvalue weighted by molar-refractivity contribution is -0.134. The summed E-state index contributed by atoms with van der Waals surface area (Å²) in [4.78, 5) is -0.0280. The number of hydrogen-bond donors (Lipinski definition) is 1. The van der Waals surface area contributed by atoms with E-state index in [1.54, 1.807) is 6.20 Å². The summed E-state index contributed by atoms with van der Waals surface area (Å²) in [5.41, 5.74) is 0.672. The van der Waals surface area contributed by atoms with Crippen LogP contribution in [0.2, 0.25) is 0 Å². The summed E-state index contributed by atoms with van der Waals surface area (Å²) in [5, 5.41) is 6.22. The molecule has 0 unspecified atom stereocenters. The Labute approximate surface area is 81.4 Å². The fourth-order valence-electron chi connectivity index (χ4n) is 1.03. The molecule has 0 saturated heterocycles. The van der Waals surface area contributed by atoms with E-state index in [0.717, 1.165) is 6.07 Å². The first-order valence-electron chi connectivity index (χ1n) is 3.73. The van der Waals surface area contributed by atoms with Gasteiger partial charge in [-0.2, -0.15) is 18.3 Å². The van der Waals surface area contributed by atoms with Crippen LogP contribution in [-0.2, 0) is 6.18 Å². The van der Waals surface area contributed by atoms with Gasteiger partial charge in [-0.1, -0.05) is 0 Å². The molecule has 2 nitrogen and oxygen atoms in total. The van der Waals surface area contributed by atoms with E-state index in [9.17, 15) is 13.2 Å². The molecule has 0 aliphatic carbocycles. The average Bonchev–Trinajstić information content (AvgIpc) is 2.73. The monoisotopic (exact) mass is 218 g/mol. The van der Waals surface area contributed by atoms with Crippen molar-refractivity contribution < 1.29 is 13.2 Å². The first kappa shape index (κ1) is 9.26. The number of nitrogens with one attached hydrogen (secondary N) is 1. The van der Waals surface area contributed by atoms with Gasteiger partial charge in [0.15, 0.2) is 0 Å². The number of rotatable bonds is 1. The maximum absolute atomic E-state index is 12.2. The van der Waals surface area contributed by atoms with E-state index >= 15 is 0 Å². The Kier molecular flexibility index (Phi) is 2.07. The van der Waals surface area contributed by atoms with Crippen LogP contribution in [0.25, 0.3) is 10.4 Å². The second kappa shape index (κ2) is 3.13. The highest BCUT2D eigenvalue weighted by molar-refractivity contribution is 7.15. The third kappa shape index (κ3) is 1.65. The van der Waals surface area contributed by atoms with Gasteiger partial charge < -0.3 is 0 Å². The molecule has 0 radical (unpaired) electrons. The van der Waals surface area contributed by atoms with E-state index in [-0.39, 0.29) is 0 Å². The second-order valence-electron chi connectivity index (χ2n) is 2.65. The normalized spacial score (nSPS) is 11.9. The van der Waals surface area contributed by atoms with Crippen molar-refractivity contribution in [3.05, 3.63) is 29.4 Å². The summed E-state index contributed by atoms with van der Waals surface area (Å²) >= 11 is 0.713. The Bertz CT molecular complexity index is 416. The van der Waals surface area contributed by atoms with Crippen molar-refractivity contribution in [2.75, 3.05) is 0 Å². The zero-order chi connectivity index (χ0) is 10.2. The van der Waals surface area contributed by atoms with Gasteiger partial charge in [-0.25, -0.2) is 0 Å². The Balaban J connectivity index is 2.36. The maximum Gasteiger partial charge on any atom is 0.425 e. The summed E-state index contributed by atoms with van der Waals surface area (Å²) in [7, 11) is 0. The fourth-order valence-corrected chi connectivity index (χ4v) is 1.89. The van der Waals surface area contributed by atoms with Gasteiger partial charge in [-0.3, -0.25) is 5.10 Å². The van der Waals surface area contributed by atoms with Crippen LogP contribution in [-0.4, -0.2) is 10.2 Å². The summed E-state index contributed by atoms with van der Waals surface area (Å²) < 4.78 is 36.7. The first-order chi connectivity index (χ1) is 6.57. The molecule has 6 heteroatoms. The van der Waals surface area contributed by atoms with Crippen molar-refractivity contribution in [3.63, 3.8) is 0 Å². The molecule has 0 saturated carbocycles. The Morgan fingerprint density at radius 2 is 2.07 bits per heavy atom. The van der Waals surface area contributed by atoms with Crippen LogP contribution in [0.3, 0.4) is 0 Å². The third-order valence-corrected chi connectivity index (χ3v) is 2.85. The van der Waals surface area contributed by atoms with Crippen molar-refractivity contribution in [2.24, 2.45) is 0 Å². The zero-order valence-corrected chi connectivity index (χ0v) is 7.62. The van der Waals surface area contributed by atoms with Crippen molar-refractivity contribution in [1.29, 1.82) is 0 Å². The number of alkyl halides is 3. The number of H-pyrrole nitrogens is 1. The molecule has 1 N–H and O–H groups in total.